The molecule has 0 fully saturated rings. The van der Waals surface area contributed by atoms with Crippen LogP contribution < -0.4 is 0 Å². The summed E-state index contributed by atoms with van der Waals surface area (Å²) in [6.45, 7) is 0. The van der Waals surface area contributed by atoms with Gasteiger partial charge in [0.15, 0.2) is 0 Å². The van der Waals surface area contributed by atoms with E-state index >= 15 is 0 Å². The Balaban J connectivity index is -0.00000000214. The summed E-state index contributed by atoms with van der Waals surface area (Å²) in [7, 11) is -3.13. The molecule has 0 saturated carbocycles. The van der Waals surface area contributed by atoms with E-state index in [1.165, 1.54) is 0 Å². The Labute approximate surface area is 105 Å². The van der Waals surface area contributed by atoms with Crippen molar-refractivity contribution >= 4 is 70.0 Å². The van der Waals surface area contributed by atoms with Crippen LogP contribution >= 0.6 is 0 Å². The molecule has 0 spiro atoms. The van der Waals surface area contributed by atoms with Gasteiger partial charge in [0.05, 0.1) is 0 Å². The summed E-state index contributed by atoms with van der Waals surface area (Å²) in [6, 6.07) is 0. The van der Waals surface area contributed by atoms with Crippen molar-refractivity contribution in [2.24, 2.45) is 0 Å². The maximum atomic E-state index is 8.74. The average Bonchev–Trinajstić information content (AvgIpc) is 0.811. The predicted octanol–water partition coefficient (Wildman–Crippen LogP) is -1.93. The van der Waals surface area contributed by atoms with Gasteiger partial charge in [0.1, 0.15) is 0 Å². The summed E-state index contributed by atoms with van der Waals surface area (Å²) in [5.41, 5.74) is 0. The molecular weight excluding hydrogens is 196 g/mol. The Morgan fingerprint density at radius 1 is 1.43 bits per heavy atom. The second kappa shape index (κ2) is 15.7. The molecule has 3 nitrogen and oxygen atoms in total. The Morgan fingerprint density at radius 2 is 1.43 bits per heavy atom. The first-order chi connectivity index (χ1) is 1.73. The molecule has 0 aromatic rings. The van der Waals surface area contributed by atoms with Crippen molar-refractivity contribution in [1.29, 1.82) is 0 Å². The topological polar surface area (TPSA) is 57.5 Å². The van der Waals surface area contributed by atoms with Gasteiger partial charge in [-0.3, -0.25) is 4.46 Å². The maximum Gasteiger partial charge on any atom is 2.00 e. The van der Waals surface area contributed by atoms with E-state index < -0.39 is 9.17 Å². The number of hydrogen-bond donors (Lipinski definition) is 2. The first-order valence-electron chi connectivity index (χ1n) is 0.651. The SMILES string of the molecule is O=[Si](O)O.[Ca+2].[Fe].[H-].[H-].[H-].[H-].[Mg+2]. The molecule has 0 aromatic heterocycles. The van der Waals surface area contributed by atoms with Crippen LogP contribution in [0.1, 0.15) is 5.71 Å². The van der Waals surface area contributed by atoms with Gasteiger partial charge in [-0.15, -0.1) is 0 Å². The first kappa shape index (κ1) is 22.9. The summed E-state index contributed by atoms with van der Waals surface area (Å²) < 4.78 is 8.74. The van der Waals surface area contributed by atoms with Crippen molar-refractivity contribution in [1.82, 2.24) is 0 Å². The molecule has 0 saturated heterocycles. The van der Waals surface area contributed by atoms with Crippen LogP contribution in [0.2, 0.25) is 0 Å². The molecule has 0 heterocycles. The molecule has 0 radical (unpaired) electrons. The summed E-state index contributed by atoms with van der Waals surface area (Å²) in [4.78, 5) is 14.3. The third-order valence-electron chi connectivity index (χ3n) is 0. The van der Waals surface area contributed by atoms with Gasteiger partial charge < -0.3 is 15.3 Å². The van der Waals surface area contributed by atoms with Crippen LogP contribution in [-0.4, -0.2) is 79.6 Å². The fourth-order valence-corrected chi connectivity index (χ4v) is 0. The van der Waals surface area contributed by atoms with Crippen molar-refractivity contribution in [2.75, 3.05) is 0 Å². The van der Waals surface area contributed by atoms with Gasteiger partial charge in [-0.1, -0.05) is 0 Å². The van der Waals surface area contributed by atoms with Gasteiger partial charge in [-0.05, 0) is 0 Å². The van der Waals surface area contributed by atoms with Crippen LogP contribution in [0.25, 0.3) is 0 Å². The Morgan fingerprint density at radius 3 is 1.43 bits per heavy atom. The molecule has 7 heteroatoms. The monoisotopic (exact) mass is 202 g/mol. The summed E-state index contributed by atoms with van der Waals surface area (Å²) in [5, 5.41) is 0. The van der Waals surface area contributed by atoms with E-state index in [1.807, 2.05) is 0 Å². The Hall–Kier alpha value is 2.16. The largest absolute Gasteiger partial charge is 2.00 e. The third-order valence-corrected chi connectivity index (χ3v) is 0. The van der Waals surface area contributed by atoms with E-state index in [9.17, 15) is 0 Å². The number of rotatable bonds is 0. The zero-order chi connectivity index (χ0) is 3.58. The van der Waals surface area contributed by atoms with Gasteiger partial charge >= 0.3 is 70.0 Å². The van der Waals surface area contributed by atoms with Crippen molar-refractivity contribution < 1.29 is 36.8 Å². The molecule has 0 aliphatic carbocycles. The smallest absolute Gasteiger partial charge is 1.00 e. The molecule has 0 aliphatic heterocycles. The Bertz CT molecular complexity index is 48.3. The Kier molecular flexibility index (Phi) is 51.4. The van der Waals surface area contributed by atoms with Crippen molar-refractivity contribution in [3.63, 3.8) is 0 Å². The minimum Gasteiger partial charge on any atom is -1.00 e. The third kappa shape index (κ3) is 66.3. The van der Waals surface area contributed by atoms with Crippen LogP contribution in [0.15, 0.2) is 0 Å². The molecule has 0 rings (SSSR count). The zero-order valence-corrected chi connectivity index (χ0v) is 9.30. The summed E-state index contributed by atoms with van der Waals surface area (Å²) in [6.07, 6.45) is 0. The average molecular weight is 202 g/mol. The van der Waals surface area contributed by atoms with Crippen molar-refractivity contribution in [2.45, 2.75) is 0 Å². The van der Waals surface area contributed by atoms with Gasteiger partial charge in [0.25, 0.3) is 0 Å². The van der Waals surface area contributed by atoms with Crippen LogP contribution in [0.4, 0.5) is 0 Å². The molecule has 0 unspecified atom stereocenters. The molecular formula is H6CaFeMgO3Si. The van der Waals surface area contributed by atoms with Gasteiger partial charge in [-0.25, -0.2) is 0 Å². The molecule has 0 aromatic carbocycles. The minimum atomic E-state index is -3.13. The second-order valence-corrected chi connectivity index (χ2v) is 0.848. The van der Waals surface area contributed by atoms with Crippen molar-refractivity contribution in [3.05, 3.63) is 0 Å². The van der Waals surface area contributed by atoms with Crippen LogP contribution in [0.5, 0.6) is 0 Å². The fraction of sp³-hybridized carbons (Fsp3) is 0. The van der Waals surface area contributed by atoms with E-state index in [4.69, 9.17) is 14.1 Å². The van der Waals surface area contributed by atoms with E-state index in [0.717, 1.165) is 0 Å². The van der Waals surface area contributed by atoms with E-state index in [-0.39, 0.29) is 83.6 Å². The zero-order valence-electron chi connectivity index (χ0n) is 7.57. The van der Waals surface area contributed by atoms with Gasteiger partial charge in [0, 0.05) is 17.1 Å². The fourth-order valence-electron chi connectivity index (χ4n) is 0. The first-order valence-corrected chi connectivity index (χ1v) is 1.95. The van der Waals surface area contributed by atoms with E-state index in [0.29, 0.717) is 0 Å². The molecule has 40 valence electrons. The molecule has 2 N–H and O–H groups in total. The molecule has 7 heavy (non-hydrogen) atoms. The molecule has 0 amide bonds. The van der Waals surface area contributed by atoms with Crippen LogP contribution in [0, 0.1) is 0 Å². The minimum absolute atomic E-state index is 0. The molecule has 0 aliphatic rings. The van der Waals surface area contributed by atoms with Gasteiger partial charge in [-0.2, -0.15) is 0 Å². The van der Waals surface area contributed by atoms with E-state index in [1.54, 1.807) is 0 Å². The van der Waals surface area contributed by atoms with Crippen molar-refractivity contribution in [3.8, 4) is 0 Å². The number of hydrogen-bond acceptors (Lipinski definition) is 1. The molecule has 0 atom stereocenters. The van der Waals surface area contributed by atoms with Gasteiger partial charge in [0.2, 0.25) is 0 Å². The summed E-state index contributed by atoms with van der Waals surface area (Å²) >= 11 is 0. The predicted molar refractivity (Wildman–Crippen MR) is 26.8 cm³/mol. The summed E-state index contributed by atoms with van der Waals surface area (Å²) in [5.74, 6) is 0. The van der Waals surface area contributed by atoms with E-state index in [2.05, 4.69) is 0 Å². The quantitative estimate of drug-likeness (QED) is 0.450. The maximum absolute atomic E-state index is 8.74. The van der Waals surface area contributed by atoms with Crippen LogP contribution in [-0.2, 0) is 21.5 Å². The normalized spacial score (nSPS) is 3.43. The standard InChI is InChI=1S/Ca.Fe.Mg.H2O3Si.4H/c;;;1-4(2)3;;;;/h;;;1-2H;;;;/q+2;;+2;;4*-1. The molecule has 0 bridgehead atoms. The van der Waals surface area contributed by atoms with Crippen LogP contribution in [0.3, 0.4) is 0 Å². The second-order valence-electron chi connectivity index (χ2n) is 0.283.